The largest absolute Gasteiger partial charge is 0.359 e. The Labute approximate surface area is 179 Å². The summed E-state index contributed by atoms with van der Waals surface area (Å²) in [5.41, 5.74) is 6.12. The molecule has 0 atom stereocenters. The van der Waals surface area contributed by atoms with Gasteiger partial charge in [0.15, 0.2) is 15.9 Å². The van der Waals surface area contributed by atoms with Crippen LogP contribution in [0.4, 0.5) is 0 Å². The third-order valence-electron chi connectivity index (χ3n) is 4.71. The number of rotatable bonds is 5. The lowest BCUT2D eigenvalue weighted by Crippen LogP contribution is -2.57. The Morgan fingerprint density at radius 3 is 2.21 bits per heavy atom. The van der Waals surface area contributed by atoms with Gasteiger partial charge in [-0.15, -0.1) is 0 Å². The highest BCUT2D eigenvalue weighted by Gasteiger charge is 2.34. The lowest BCUT2D eigenvalue weighted by molar-refractivity contribution is 0.253. The minimum Gasteiger partial charge on any atom is -0.359 e. The fourth-order valence-corrected chi connectivity index (χ4v) is 3.69. The minimum absolute atomic E-state index is 0.252. The van der Waals surface area contributed by atoms with Crippen LogP contribution in [0.2, 0.25) is 0 Å². The summed E-state index contributed by atoms with van der Waals surface area (Å²) < 4.78 is 0. The van der Waals surface area contributed by atoms with E-state index in [0.29, 0.717) is 10.2 Å². The molecule has 154 valence electrons. The summed E-state index contributed by atoms with van der Waals surface area (Å²) in [6.45, 7) is 8.21. The second-order valence-electron chi connectivity index (χ2n) is 8.05. The molecule has 1 fully saturated rings. The fraction of sp³-hybridized carbons (Fsp3) is 0.600. The molecule has 1 aromatic rings. The third-order valence-corrected chi connectivity index (χ3v) is 5.13. The lowest BCUT2D eigenvalue weighted by atomic mass is 9.89. The van der Waals surface area contributed by atoms with Crippen molar-refractivity contribution in [2.75, 3.05) is 0 Å². The van der Waals surface area contributed by atoms with E-state index in [1.807, 2.05) is 32.0 Å². The normalized spacial score (nSPS) is 16.6. The van der Waals surface area contributed by atoms with Gasteiger partial charge in [0.2, 0.25) is 0 Å². The molecule has 1 aromatic carbocycles. The number of hydrogen-bond acceptors (Lipinski definition) is 4. The number of azo groups is 1. The zero-order chi connectivity index (χ0) is 20.6. The summed E-state index contributed by atoms with van der Waals surface area (Å²) in [6.07, 6.45) is 5.21. The molecule has 1 aliphatic carbocycles. The Hall–Kier alpha value is -1.80. The molecule has 0 unspecified atom stereocenters. The first kappa shape index (κ1) is 22.5. The van der Waals surface area contributed by atoms with Crippen molar-refractivity contribution >= 4 is 34.7 Å². The third kappa shape index (κ3) is 6.98. The maximum Gasteiger partial charge on any atom is 0.187 e. The van der Waals surface area contributed by atoms with Crippen LogP contribution < -0.4 is 21.5 Å². The topological polar surface area (TPSA) is 72.8 Å². The van der Waals surface area contributed by atoms with Crippen LogP contribution in [0.25, 0.3) is 0 Å². The van der Waals surface area contributed by atoms with Crippen LogP contribution in [-0.2, 0) is 5.54 Å². The number of hydrazine groups is 1. The van der Waals surface area contributed by atoms with Crippen LogP contribution in [-0.4, -0.2) is 21.9 Å². The standard InChI is InChI=1S/C20H32N6S2/c1-15(2)21-17(27)23-24-18(28)22-20(13-9-6-10-14-20)26-25-19(3,4)16-11-7-5-8-12-16/h5,7-8,11-12,15H,6,9-10,13-14H2,1-4H3,(H2,21,23,27)(H2,22,24,28)/b26-25+. The highest BCUT2D eigenvalue weighted by Crippen LogP contribution is 2.33. The van der Waals surface area contributed by atoms with Gasteiger partial charge in [-0.05, 0) is 83.4 Å². The molecule has 0 radical (unpaired) electrons. The maximum atomic E-state index is 5.47. The fourth-order valence-electron chi connectivity index (χ4n) is 3.17. The van der Waals surface area contributed by atoms with Crippen LogP contribution in [0.1, 0.15) is 65.4 Å². The Kier molecular flexibility index (Phi) is 8.12. The van der Waals surface area contributed by atoms with Gasteiger partial charge in [0.05, 0.1) is 0 Å². The van der Waals surface area contributed by atoms with E-state index in [1.54, 1.807) is 0 Å². The van der Waals surface area contributed by atoms with Crippen LogP contribution in [0, 0.1) is 0 Å². The van der Waals surface area contributed by atoms with Crippen LogP contribution >= 0.6 is 24.4 Å². The smallest absolute Gasteiger partial charge is 0.187 e. The molecular weight excluding hydrogens is 388 g/mol. The van der Waals surface area contributed by atoms with Crippen molar-refractivity contribution < 1.29 is 0 Å². The predicted octanol–water partition coefficient (Wildman–Crippen LogP) is 4.29. The molecule has 0 bridgehead atoms. The molecule has 28 heavy (non-hydrogen) atoms. The number of thiocarbonyl (C=S) groups is 2. The molecule has 1 saturated carbocycles. The highest BCUT2D eigenvalue weighted by atomic mass is 32.1. The van der Waals surface area contributed by atoms with Crippen molar-refractivity contribution in [3.63, 3.8) is 0 Å². The van der Waals surface area contributed by atoms with Gasteiger partial charge in [-0.25, -0.2) is 0 Å². The van der Waals surface area contributed by atoms with E-state index in [9.17, 15) is 0 Å². The molecule has 4 N–H and O–H groups in total. The van der Waals surface area contributed by atoms with Gasteiger partial charge in [0, 0.05) is 6.04 Å². The van der Waals surface area contributed by atoms with E-state index in [1.165, 1.54) is 6.42 Å². The van der Waals surface area contributed by atoms with Crippen LogP contribution in [0.5, 0.6) is 0 Å². The lowest BCUT2D eigenvalue weighted by Gasteiger charge is -2.35. The molecule has 8 heteroatoms. The summed E-state index contributed by atoms with van der Waals surface area (Å²) in [5.74, 6) is 0. The molecule has 0 aromatic heterocycles. The summed E-state index contributed by atoms with van der Waals surface area (Å²) >= 11 is 10.7. The molecule has 2 rings (SSSR count). The van der Waals surface area contributed by atoms with E-state index in [0.717, 1.165) is 31.2 Å². The van der Waals surface area contributed by atoms with E-state index >= 15 is 0 Å². The summed E-state index contributed by atoms with van der Waals surface area (Å²) in [5, 5.41) is 17.0. The number of hydrogen-bond donors (Lipinski definition) is 4. The zero-order valence-electron chi connectivity index (χ0n) is 17.2. The predicted molar refractivity (Wildman–Crippen MR) is 123 cm³/mol. The summed E-state index contributed by atoms with van der Waals surface area (Å²) in [6, 6.07) is 10.5. The van der Waals surface area contributed by atoms with Crippen LogP contribution in [0.15, 0.2) is 40.6 Å². The van der Waals surface area contributed by atoms with E-state index in [4.69, 9.17) is 34.7 Å². The van der Waals surface area contributed by atoms with Gasteiger partial charge < -0.3 is 10.6 Å². The van der Waals surface area contributed by atoms with E-state index < -0.39 is 11.2 Å². The van der Waals surface area contributed by atoms with Crippen molar-refractivity contribution in [2.45, 2.75) is 77.0 Å². The maximum absolute atomic E-state index is 5.47. The number of nitrogens with zero attached hydrogens (tertiary/aromatic N) is 2. The average Bonchev–Trinajstić information content (AvgIpc) is 2.66. The van der Waals surface area contributed by atoms with Gasteiger partial charge in [0.1, 0.15) is 5.54 Å². The summed E-state index contributed by atoms with van der Waals surface area (Å²) in [4.78, 5) is 0. The van der Waals surface area contributed by atoms with Crippen molar-refractivity contribution in [3.8, 4) is 0 Å². The second kappa shape index (κ2) is 10.1. The SMILES string of the molecule is CC(C)NC(=S)NNC(=S)NC1(/N=N/C(C)(C)c2ccccc2)CCCCC1. The Morgan fingerprint density at radius 2 is 1.61 bits per heavy atom. The van der Waals surface area contributed by atoms with Gasteiger partial charge >= 0.3 is 0 Å². The molecule has 0 aliphatic heterocycles. The number of nitrogens with one attached hydrogen (secondary N) is 4. The van der Waals surface area contributed by atoms with Crippen LogP contribution in [0.3, 0.4) is 0 Å². The molecule has 6 nitrogen and oxygen atoms in total. The Bertz CT molecular complexity index is 681. The Balaban J connectivity index is 2.05. The first-order chi connectivity index (χ1) is 13.2. The van der Waals surface area contributed by atoms with Gasteiger partial charge in [-0.1, -0.05) is 36.8 Å². The minimum atomic E-state index is -0.483. The molecule has 0 spiro atoms. The highest BCUT2D eigenvalue weighted by molar-refractivity contribution is 7.80. The monoisotopic (exact) mass is 420 g/mol. The molecule has 0 heterocycles. The first-order valence-corrected chi connectivity index (χ1v) is 10.7. The average molecular weight is 421 g/mol. The molecule has 0 saturated heterocycles. The molecule has 0 amide bonds. The Morgan fingerprint density at radius 1 is 1.00 bits per heavy atom. The van der Waals surface area contributed by atoms with Gasteiger partial charge in [-0.3, -0.25) is 10.9 Å². The van der Waals surface area contributed by atoms with E-state index in [2.05, 4.69) is 47.5 Å². The molecule has 1 aliphatic rings. The zero-order valence-corrected chi connectivity index (χ0v) is 18.8. The van der Waals surface area contributed by atoms with Gasteiger partial charge in [0.25, 0.3) is 0 Å². The van der Waals surface area contributed by atoms with E-state index in [-0.39, 0.29) is 6.04 Å². The summed E-state index contributed by atoms with van der Waals surface area (Å²) in [7, 11) is 0. The van der Waals surface area contributed by atoms with Crippen molar-refractivity contribution in [1.29, 1.82) is 0 Å². The van der Waals surface area contributed by atoms with Gasteiger partial charge in [-0.2, -0.15) is 10.2 Å². The molecular formula is C20H32N6S2. The van der Waals surface area contributed by atoms with Crippen molar-refractivity contribution in [2.24, 2.45) is 10.2 Å². The second-order valence-corrected chi connectivity index (χ2v) is 8.87. The van der Waals surface area contributed by atoms with Crippen molar-refractivity contribution in [1.82, 2.24) is 21.5 Å². The first-order valence-electron chi connectivity index (χ1n) is 9.87. The number of benzene rings is 1. The van der Waals surface area contributed by atoms with Crippen molar-refractivity contribution in [3.05, 3.63) is 35.9 Å². The quantitative estimate of drug-likeness (QED) is 0.324.